The first-order valence-electron chi connectivity index (χ1n) is 11.5. The van der Waals surface area contributed by atoms with Gasteiger partial charge in [0.1, 0.15) is 12.7 Å². The Labute approximate surface area is 201 Å². The second-order valence-electron chi connectivity index (χ2n) is 8.01. The smallest absolute Gasteiger partial charge is 0.253 e. The molecule has 1 heterocycles. The first kappa shape index (κ1) is 25.0. The zero-order valence-corrected chi connectivity index (χ0v) is 19.6. The number of terminal acetylenes is 1. The van der Waals surface area contributed by atoms with E-state index in [1.54, 1.807) is 13.2 Å². The predicted molar refractivity (Wildman–Crippen MR) is 131 cm³/mol. The molecule has 7 heteroatoms. The lowest BCUT2D eigenvalue weighted by atomic mass is 10.1. The Kier molecular flexibility index (Phi) is 9.64. The molecule has 1 fully saturated rings. The van der Waals surface area contributed by atoms with Crippen LogP contribution >= 0.6 is 0 Å². The van der Waals surface area contributed by atoms with Crippen LogP contribution in [-0.4, -0.2) is 45.9 Å². The molecule has 7 nitrogen and oxygen atoms in total. The maximum absolute atomic E-state index is 12.9. The van der Waals surface area contributed by atoms with Crippen LogP contribution in [0, 0.1) is 23.7 Å². The van der Waals surface area contributed by atoms with Crippen molar-refractivity contribution in [2.45, 2.75) is 31.8 Å². The van der Waals surface area contributed by atoms with Gasteiger partial charge in [-0.15, -0.1) is 6.42 Å². The molecule has 178 valence electrons. The summed E-state index contributed by atoms with van der Waals surface area (Å²) in [4.78, 5) is 15.3. The molecule has 34 heavy (non-hydrogen) atoms. The fraction of sp³-hybridized carbons (Fsp3) is 0.407. The standard InChI is InChI=1S/C27H31N3O4/c1-3-18-34-26(22-8-10-23(11-9-22)30-16-5-4-6-17-30)27(31)29-15-13-21-7-12-24(33-19-14-28)25(20-21)32-2/h1,7-12,20,26H,4-6,13,15-19H2,2H3,(H,29,31). The highest BCUT2D eigenvalue weighted by Crippen LogP contribution is 2.28. The van der Waals surface area contributed by atoms with E-state index in [0.29, 0.717) is 24.5 Å². The van der Waals surface area contributed by atoms with Gasteiger partial charge >= 0.3 is 0 Å². The number of anilines is 1. The minimum Gasteiger partial charge on any atom is -0.493 e. The molecule has 1 aliphatic rings. The molecule has 1 amide bonds. The number of hydrogen-bond acceptors (Lipinski definition) is 6. The number of carbonyl (C=O) groups excluding carboxylic acids is 1. The molecular formula is C27H31N3O4. The zero-order chi connectivity index (χ0) is 24.2. The summed E-state index contributed by atoms with van der Waals surface area (Å²) in [6, 6.07) is 15.4. The number of ether oxygens (including phenoxy) is 3. The summed E-state index contributed by atoms with van der Waals surface area (Å²) in [5, 5.41) is 11.6. The van der Waals surface area contributed by atoms with Gasteiger partial charge in [-0.25, -0.2) is 0 Å². The van der Waals surface area contributed by atoms with Crippen LogP contribution in [0.5, 0.6) is 11.5 Å². The van der Waals surface area contributed by atoms with Crippen molar-refractivity contribution in [1.29, 1.82) is 5.26 Å². The van der Waals surface area contributed by atoms with E-state index in [0.717, 1.165) is 29.9 Å². The summed E-state index contributed by atoms with van der Waals surface area (Å²) in [5.74, 6) is 3.26. The minimum absolute atomic E-state index is 0.0489. The van der Waals surface area contributed by atoms with Crippen molar-refractivity contribution in [2.75, 3.05) is 44.9 Å². The highest BCUT2D eigenvalue weighted by Gasteiger charge is 2.21. The number of piperidine rings is 1. The maximum atomic E-state index is 12.9. The van der Waals surface area contributed by atoms with Crippen LogP contribution in [0.4, 0.5) is 5.69 Å². The average Bonchev–Trinajstić information content (AvgIpc) is 2.89. The first-order valence-corrected chi connectivity index (χ1v) is 11.5. The van der Waals surface area contributed by atoms with Crippen LogP contribution in [0.1, 0.15) is 36.5 Å². The van der Waals surface area contributed by atoms with Crippen molar-refractivity contribution in [3.05, 3.63) is 53.6 Å². The van der Waals surface area contributed by atoms with Gasteiger partial charge in [0.15, 0.2) is 24.2 Å². The van der Waals surface area contributed by atoms with Crippen molar-refractivity contribution in [2.24, 2.45) is 0 Å². The van der Waals surface area contributed by atoms with E-state index < -0.39 is 6.10 Å². The molecule has 3 rings (SSSR count). The number of hydrogen-bond donors (Lipinski definition) is 1. The van der Waals surface area contributed by atoms with Gasteiger partial charge in [-0.1, -0.05) is 24.1 Å². The molecule has 0 radical (unpaired) electrons. The molecule has 1 N–H and O–H groups in total. The number of nitriles is 1. The summed E-state index contributed by atoms with van der Waals surface area (Å²) >= 11 is 0. The van der Waals surface area contributed by atoms with E-state index in [1.807, 2.05) is 42.5 Å². The van der Waals surface area contributed by atoms with Gasteiger partial charge in [-0.3, -0.25) is 4.79 Å². The number of methoxy groups -OCH3 is 1. The topological polar surface area (TPSA) is 83.8 Å². The number of rotatable bonds is 11. The van der Waals surface area contributed by atoms with Crippen molar-refractivity contribution < 1.29 is 19.0 Å². The van der Waals surface area contributed by atoms with Gasteiger partial charge in [0.25, 0.3) is 5.91 Å². The Hall–Kier alpha value is -3.68. The Morgan fingerprint density at radius 3 is 2.56 bits per heavy atom. The Morgan fingerprint density at radius 1 is 1.12 bits per heavy atom. The summed E-state index contributed by atoms with van der Waals surface area (Å²) in [5.41, 5.74) is 2.90. The molecule has 1 unspecified atom stereocenters. The SMILES string of the molecule is C#CCOC(C(=O)NCCc1ccc(OCC#N)c(OC)c1)c1ccc(N2CCCCC2)cc1. The Morgan fingerprint density at radius 2 is 1.88 bits per heavy atom. The molecule has 0 aromatic heterocycles. The van der Waals surface area contributed by atoms with E-state index in [-0.39, 0.29) is 19.1 Å². The second-order valence-corrected chi connectivity index (χ2v) is 8.01. The monoisotopic (exact) mass is 461 g/mol. The van der Waals surface area contributed by atoms with Gasteiger partial charge in [0, 0.05) is 25.3 Å². The predicted octanol–water partition coefficient (Wildman–Crippen LogP) is 3.64. The molecule has 0 saturated carbocycles. The average molecular weight is 462 g/mol. The van der Waals surface area contributed by atoms with E-state index in [2.05, 4.69) is 16.1 Å². The van der Waals surface area contributed by atoms with Crippen LogP contribution in [-0.2, 0) is 16.0 Å². The molecule has 2 aromatic carbocycles. The molecule has 0 spiro atoms. The highest BCUT2D eigenvalue weighted by atomic mass is 16.5. The molecular weight excluding hydrogens is 430 g/mol. The number of nitrogens with one attached hydrogen (secondary N) is 1. The zero-order valence-electron chi connectivity index (χ0n) is 19.6. The summed E-state index contributed by atoms with van der Waals surface area (Å²) in [6.07, 6.45) is 8.88. The lowest BCUT2D eigenvalue weighted by molar-refractivity contribution is -0.132. The lowest BCUT2D eigenvalue weighted by Gasteiger charge is -2.29. The van der Waals surface area contributed by atoms with Crippen LogP contribution in [0.3, 0.4) is 0 Å². The van der Waals surface area contributed by atoms with Gasteiger partial charge in [0.2, 0.25) is 0 Å². The maximum Gasteiger partial charge on any atom is 0.253 e. The van der Waals surface area contributed by atoms with E-state index in [1.165, 1.54) is 19.3 Å². The number of nitrogens with zero attached hydrogens (tertiary/aromatic N) is 2. The highest BCUT2D eigenvalue weighted by molar-refractivity contribution is 5.82. The van der Waals surface area contributed by atoms with E-state index in [4.69, 9.17) is 25.9 Å². The Balaban J connectivity index is 1.60. The third-order valence-corrected chi connectivity index (χ3v) is 5.72. The lowest BCUT2D eigenvalue weighted by Crippen LogP contribution is -2.32. The van der Waals surface area contributed by atoms with Gasteiger partial charge in [0.05, 0.1) is 7.11 Å². The minimum atomic E-state index is -0.775. The largest absolute Gasteiger partial charge is 0.493 e. The third kappa shape index (κ3) is 6.91. The van der Waals surface area contributed by atoms with Gasteiger partial charge in [-0.05, 0) is 61.1 Å². The summed E-state index contributed by atoms with van der Waals surface area (Å²) in [7, 11) is 1.55. The van der Waals surface area contributed by atoms with Crippen LogP contribution in [0.25, 0.3) is 0 Å². The second kappa shape index (κ2) is 13.1. The normalized spacial score (nSPS) is 13.9. The van der Waals surface area contributed by atoms with Gasteiger partial charge < -0.3 is 24.4 Å². The van der Waals surface area contributed by atoms with Crippen LogP contribution in [0.2, 0.25) is 0 Å². The van der Waals surface area contributed by atoms with Crippen molar-refractivity contribution >= 4 is 11.6 Å². The first-order chi connectivity index (χ1) is 16.7. The molecule has 1 aliphatic heterocycles. The van der Waals surface area contributed by atoms with E-state index >= 15 is 0 Å². The van der Waals surface area contributed by atoms with Crippen molar-refractivity contribution in [3.8, 4) is 29.9 Å². The molecule has 1 atom stereocenters. The fourth-order valence-corrected chi connectivity index (χ4v) is 3.99. The van der Waals surface area contributed by atoms with Crippen molar-refractivity contribution in [1.82, 2.24) is 5.32 Å². The third-order valence-electron chi connectivity index (χ3n) is 5.72. The fourth-order valence-electron chi connectivity index (χ4n) is 3.99. The molecule has 1 saturated heterocycles. The number of carbonyl (C=O) groups is 1. The molecule has 2 aromatic rings. The summed E-state index contributed by atoms with van der Waals surface area (Å²) in [6.45, 7) is 2.54. The van der Waals surface area contributed by atoms with Crippen molar-refractivity contribution in [3.63, 3.8) is 0 Å². The van der Waals surface area contributed by atoms with Crippen LogP contribution in [0.15, 0.2) is 42.5 Å². The van der Waals surface area contributed by atoms with E-state index in [9.17, 15) is 4.79 Å². The summed E-state index contributed by atoms with van der Waals surface area (Å²) < 4.78 is 16.4. The Bertz CT molecular complexity index is 1020. The molecule has 0 bridgehead atoms. The number of amides is 1. The van der Waals surface area contributed by atoms with Crippen LogP contribution < -0.4 is 19.7 Å². The quantitative estimate of drug-likeness (QED) is 0.515. The van der Waals surface area contributed by atoms with Gasteiger partial charge in [-0.2, -0.15) is 5.26 Å². The number of benzene rings is 2. The molecule has 0 aliphatic carbocycles.